The summed E-state index contributed by atoms with van der Waals surface area (Å²) in [6.07, 6.45) is 2.89. The molecule has 0 spiro atoms. The summed E-state index contributed by atoms with van der Waals surface area (Å²) < 4.78 is 40.9. The zero-order valence-electron chi connectivity index (χ0n) is 18.1. The Bertz CT molecular complexity index is 779. The number of carbonyl (C=O) groups is 2. The Morgan fingerprint density at radius 2 is 1.78 bits per heavy atom. The van der Waals surface area contributed by atoms with Crippen molar-refractivity contribution >= 4 is 11.8 Å². The lowest BCUT2D eigenvalue weighted by Crippen LogP contribution is -2.47. The third-order valence-electron chi connectivity index (χ3n) is 6.45. The van der Waals surface area contributed by atoms with Gasteiger partial charge in [0.1, 0.15) is 5.75 Å². The van der Waals surface area contributed by atoms with Gasteiger partial charge in [-0.15, -0.1) is 13.2 Å². The first-order valence-electron chi connectivity index (χ1n) is 11.4. The van der Waals surface area contributed by atoms with Crippen LogP contribution >= 0.6 is 0 Å². The molecule has 0 unspecified atom stereocenters. The number of hydrogen-bond donors (Lipinski definition) is 3. The number of halogens is 3. The Labute approximate surface area is 186 Å². The predicted octanol–water partition coefficient (Wildman–Crippen LogP) is 3.78. The second kappa shape index (κ2) is 11.0. The molecule has 2 aliphatic rings. The third-order valence-corrected chi connectivity index (χ3v) is 6.45. The van der Waals surface area contributed by atoms with Crippen molar-refractivity contribution in [3.63, 3.8) is 0 Å². The maximum absolute atomic E-state index is 12.5. The van der Waals surface area contributed by atoms with Crippen LogP contribution in [0.25, 0.3) is 0 Å². The monoisotopic (exact) mass is 455 g/mol. The lowest BCUT2D eigenvalue weighted by atomic mass is 9.82. The molecule has 178 valence electrons. The van der Waals surface area contributed by atoms with Gasteiger partial charge in [-0.25, -0.2) is 0 Å². The Balaban J connectivity index is 1.36. The maximum atomic E-state index is 12.5. The van der Waals surface area contributed by atoms with Gasteiger partial charge in [0.2, 0.25) is 11.8 Å². The van der Waals surface area contributed by atoms with Crippen LogP contribution < -0.4 is 21.1 Å². The molecule has 0 radical (unpaired) electrons. The van der Waals surface area contributed by atoms with Crippen LogP contribution in [0, 0.1) is 11.8 Å². The highest BCUT2D eigenvalue weighted by molar-refractivity contribution is 5.79. The highest BCUT2D eigenvalue weighted by Crippen LogP contribution is 2.29. The molecule has 0 bridgehead atoms. The average Bonchev–Trinajstić information content (AvgIpc) is 2.73. The summed E-state index contributed by atoms with van der Waals surface area (Å²) >= 11 is 0. The van der Waals surface area contributed by atoms with E-state index >= 15 is 0 Å². The SMILES string of the molecule is N[C@H]1CCCC[C@H]1C(=O)N[C@H]1CC[C@@H](CC(=O)NCc2cccc(OC(F)(F)F)c2)CC1. The molecular weight excluding hydrogens is 423 g/mol. The number of rotatable bonds is 7. The fourth-order valence-corrected chi connectivity index (χ4v) is 4.69. The van der Waals surface area contributed by atoms with Crippen molar-refractivity contribution < 1.29 is 27.5 Å². The molecule has 9 heteroatoms. The molecule has 32 heavy (non-hydrogen) atoms. The van der Waals surface area contributed by atoms with Gasteiger partial charge in [-0.2, -0.15) is 0 Å². The van der Waals surface area contributed by atoms with Gasteiger partial charge in [0.15, 0.2) is 0 Å². The first-order chi connectivity index (χ1) is 15.2. The van der Waals surface area contributed by atoms with Crippen molar-refractivity contribution in [2.45, 2.75) is 82.8 Å². The molecular formula is C23H32F3N3O3. The maximum Gasteiger partial charge on any atom is 0.573 e. The van der Waals surface area contributed by atoms with Crippen molar-refractivity contribution in [2.24, 2.45) is 17.6 Å². The van der Waals surface area contributed by atoms with Crippen LogP contribution in [0.15, 0.2) is 24.3 Å². The molecule has 3 rings (SSSR count). The number of hydrogen-bond acceptors (Lipinski definition) is 4. The Morgan fingerprint density at radius 3 is 2.47 bits per heavy atom. The Hall–Kier alpha value is -2.29. The molecule has 2 saturated carbocycles. The van der Waals surface area contributed by atoms with E-state index in [1.807, 2.05) is 0 Å². The van der Waals surface area contributed by atoms with E-state index in [9.17, 15) is 22.8 Å². The first kappa shape index (κ1) is 24.4. The lowest BCUT2D eigenvalue weighted by molar-refractivity contribution is -0.274. The average molecular weight is 456 g/mol. The Kier molecular flexibility index (Phi) is 8.39. The van der Waals surface area contributed by atoms with E-state index < -0.39 is 6.36 Å². The number of carbonyl (C=O) groups excluding carboxylic acids is 2. The zero-order valence-corrected chi connectivity index (χ0v) is 18.1. The number of benzene rings is 1. The van der Waals surface area contributed by atoms with E-state index in [0.29, 0.717) is 12.0 Å². The minimum Gasteiger partial charge on any atom is -0.406 e. The minimum absolute atomic E-state index is 0.0514. The fourth-order valence-electron chi connectivity index (χ4n) is 4.69. The molecule has 1 aromatic carbocycles. The molecule has 1 aromatic rings. The summed E-state index contributed by atoms with van der Waals surface area (Å²) in [5.41, 5.74) is 6.64. The van der Waals surface area contributed by atoms with Crippen molar-refractivity contribution in [1.82, 2.24) is 10.6 Å². The molecule has 0 heterocycles. The topological polar surface area (TPSA) is 93.5 Å². The second-order valence-electron chi connectivity index (χ2n) is 8.96. The molecule has 2 atom stereocenters. The number of alkyl halides is 3. The number of nitrogens with one attached hydrogen (secondary N) is 2. The summed E-state index contributed by atoms with van der Waals surface area (Å²) in [4.78, 5) is 24.8. The Morgan fingerprint density at radius 1 is 1.06 bits per heavy atom. The smallest absolute Gasteiger partial charge is 0.406 e. The van der Waals surface area contributed by atoms with Crippen molar-refractivity contribution in [3.8, 4) is 5.75 Å². The molecule has 2 amide bonds. The normalized spacial score (nSPS) is 26.2. The van der Waals surface area contributed by atoms with Crippen LogP contribution in [0.2, 0.25) is 0 Å². The molecule has 6 nitrogen and oxygen atoms in total. The van der Waals surface area contributed by atoms with Crippen molar-refractivity contribution in [1.29, 1.82) is 0 Å². The van der Waals surface area contributed by atoms with Crippen LogP contribution in [0.4, 0.5) is 13.2 Å². The van der Waals surface area contributed by atoms with Crippen LogP contribution in [0.3, 0.4) is 0 Å². The molecule has 0 aliphatic heterocycles. The van der Waals surface area contributed by atoms with Gasteiger partial charge < -0.3 is 21.1 Å². The van der Waals surface area contributed by atoms with Gasteiger partial charge in [0, 0.05) is 25.0 Å². The molecule has 0 aromatic heterocycles. The molecule has 2 fully saturated rings. The van der Waals surface area contributed by atoms with E-state index in [-0.39, 0.29) is 48.0 Å². The van der Waals surface area contributed by atoms with Gasteiger partial charge in [-0.05, 0) is 62.1 Å². The van der Waals surface area contributed by atoms with Crippen LogP contribution in [0.5, 0.6) is 5.75 Å². The van der Waals surface area contributed by atoms with Gasteiger partial charge in [-0.1, -0.05) is 25.0 Å². The van der Waals surface area contributed by atoms with Crippen LogP contribution in [-0.4, -0.2) is 30.3 Å². The van der Waals surface area contributed by atoms with Crippen molar-refractivity contribution in [2.75, 3.05) is 0 Å². The van der Waals surface area contributed by atoms with E-state index in [0.717, 1.165) is 51.4 Å². The van der Waals surface area contributed by atoms with Gasteiger partial charge >= 0.3 is 6.36 Å². The molecule has 2 aliphatic carbocycles. The fraction of sp³-hybridized carbons (Fsp3) is 0.652. The van der Waals surface area contributed by atoms with Crippen LogP contribution in [-0.2, 0) is 16.1 Å². The summed E-state index contributed by atoms with van der Waals surface area (Å²) in [5.74, 6) is -0.228. The first-order valence-corrected chi connectivity index (χ1v) is 11.4. The van der Waals surface area contributed by atoms with Gasteiger partial charge in [0.25, 0.3) is 0 Å². The van der Waals surface area contributed by atoms with E-state index in [4.69, 9.17) is 5.73 Å². The van der Waals surface area contributed by atoms with Crippen molar-refractivity contribution in [3.05, 3.63) is 29.8 Å². The molecule has 4 N–H and O–H groups in total. The van der Waals surface area contributed by atoms with Gasteiger partial charge in [-0.3, -0.25) is 9.59 Å². The summed E-state index contributed by atoms with van der Waals surface area (Å²) in [5, 5.41) is 5.92. The summed E-state index contributed by atoms with van der Waals surface area (Å²) in [6, 6.07) is 5.66. The highest BCUT2D eigenvalue weighted by atomic mass is 19.4. The van der Waals surface area contributed by atoms with Crippen LogP contribution in [0.1, 0.15) is 63.4 Å². The largest absolute Gasteiger partial charge is 0.573 e. The predicted molar refractivity (Wildman–Crippen MR) is 113 cm³/mol. The van der Waals surface area contributed by atoms with E-state index in [2.05, 4.69) is 15.4 Å². The second-order valence-corrected chi connectivity index (χ2v) is 8.96. The minimum atomic E-state index is -4.75. The quantitative estimate of drug-likeness (QED) is 0.583. The number of ether oxygens (including phenoxy) is 1. The molecule has 0 saturated heterocycles. The van der Waals surface area contributed by atoms with Gasteiger partial charge in [0.05, 0.1) is 5.92 Å². The van der Waals surface area contributed by atoms with E-state index in [1.165, 1.54) is 18.2 Å². The standard InChI is InChI=1S/C23H32F3N3O3/c24-23(25,26)32-18-5-3-4-16(12-18)14-28-21(30)13-15-8-10-17(11-9-15)29-22(31)19-6-1-2-7-20(19)27/h3-5,12,15,17,19-20H,1-2,6-11,13-14,27H2,(H,28,30)(H,29,31)/t15-,17+,19-,20+/m1/s1. The lowest BCUT2D eigenvalue weighted by Gasteiger charge is -2.32. The number of amides is 2. The summed E-state index contributed by atoms with van der Waals surface area (Å²) in [6.45, 7) is 0.140. The highest BCUT2D eigenvalue weighted by Gasteiger charge is 2.32. The third kappa shape index (κ3) is 7.69. The summed E-state index contributed by atoms with van der Waals surface area (Å²) in [7, 11) is 0. The zero-order chi connectivity index (χ0) is 23.1. The number of nitrogens with two attached hydrogens (primary N) is 1. The van der Waals surface area contributed by atoms with E-state index in [1.54, 1.807) is 6.07 Å².